The van der Waals surface area contributed by atoms with Crippen LogP contribution >= 0.6 is 12.2 Å². The smallest absolute Gasteiger partial charge is 0.204 e. The molecule has 1 aromatic carbocycles. The lowest BCUT2D eigenvalue weighted by molar-refractivity contribution is 0.0210. The van der Waals surface area contributed by atoms with Crippen LogP contribution in [0.2, 0.25) is 0 Å². The molecule has 1 aliphatic heterocycles. The number of fused-ring (bicyclic) bond motifs is 3. The van der Waals surface area contributed by atoms with Crippen molar-refractivity contribution in [1.29, 1.82) is 0 Å². The maximum absolute atomic E-state index is 11.5. The molecule has 3 aromatic rings. The summed E-state index contributed by atoms with van der Waals surface area (Å²) in [5, 5.41) is 5.57. The molecule has 1 fully saturated rings. The second-order valence-corrected chi connectivity index (χ2v) is 5.95. The number of pyridine rings is 1. The maximum Gasteiger partial charge on any atom is 0.204 e. The number of benzene rings is 1. The number of hydrogen-bond donors (Lipinski definition) is 0. The quantitative estimate of drug-likeness (QED) is 0.544. The molecule has 4 rings (SSSR count). The van der Waals surface area contributed by atoms with Crippen molar-refractivity contribution in [3.63, 3.8) is 0 Å². The predicted molar refractivity (Wildman–Crippen MR) is 89.3 cm³/mol. The molecule has 0 aliphatic carbocycles. The standard InChI is InChI=1S/C16H16N4O2S/c21-10-13-9-12-3-1-2-4-14(12)20-15(13)17-19(16(20)23)11-18-5-7-22-8-6-18/h1-4,9-10H,5-8,11H2. The first-order chi connectivity index (χ1) is 11.3. The summed E-state index contributed by atoms with van der Waals surface area (Å²) in [6.07, 6.45) is 0.836. The summed E-state index contributed by atoms with van der Waals surface area (Å²) < 4.78 is 9.65. The SMILES string of the molecule is O=Cc1cc2ccccc2n2c(=S)n(CN3CCOCC3)nc12. The number of para-hydroxylation sites is 1. The summed E-state index contributed by atoms with van der Waals surface area (Å²) in [5.74, 6) is 0. The average molecular weight is 328 g/mol. The summed E-state index contributed by atoms with van der Waals surface area (Å²) in [7, 11) is 0. The van der Waals surface area contributed by atoms with Crippen LogP contribution in [0.4, 0.5) is 0 Å². The third-order valence-electron chi connectivity index (χ3n) is 4.15. The highest BCUT2D eigenvalue weighted by molar-refractivity contribution is 7.71. The average Bonchev–Trinajstić information content (AvgIpc) is 2.92. The van der Waals surface area contributed by atoms with Gasteiger partial charge in [0, 0.05) is 13.1 Å². The van der Waals surface area contributed by atoms with Gasteiger partial charge in [-0.2, -0.15) is 0 Å². The van der Waals surface area contributed by atoms with Crippen LogP contribution in [0.1, 0.15) is 10.4 Å². The van der Waals surface area contributed by atoms with Crippen LogP contribution in [0.5, 0.6) is 0 Å². The number of rotatable bonds is 3. The van der Waals surface area contributed by atoms with E-state index in [0.29, 0.717) is 22.7 Å². The Balaban J connectivity index is 1.90. The van der Waals surface area contributed by atoms with E-state index in [1.807, 2.05) is 34.7 Å². The summed E-state index contributed by atoms with van der Waals surface area (Å²) >= 11 is 5.62. The van der Waals surface area contributed by atoms with Crippen LogP contribution in [0.25, 0.3) is 16.6 Å². The summed E-state index contributed by atoms with van der Waals surface area (Å²) in [6, 6.07) is 9.74. The van der Waals surface area contributed by atoms with Crippen molar-refractivity contribution in [3.05, 3.63) is 40.7 Å². The molecule has 0 saturated carbocycles. The number of nitrogens with zero attached hydrogens (tertiary/aromatic N) is 4. The fourth-order valence-electron chi connectivity index (χ4n) is 2.97. The number of hydrogen-bond acceptors (Lipinski definition) is 5. The number of aldehydes is 1. The predicted octanol–water partition coefficient (Wildman–Crippen LogP) is 2.12. The van der Waals surface area contributed by atoms with Gasteiger partial charge in [-0.15, -0.1) is 5.10 Å². The second kappa shape index (κ2) is 5.84. The van der Waals surface area contributed by atoms with Gasteiger partial charge in [-0.1, -0.05) is 18.2 Å². The minimum atomic E-state index is 0.551. The number of carbonyl (C=O) groups excluding carboxylic acids is 1. The molecule has 0 bridgehead atoms. The van der Waals surface area contributed by atoms with E-state index in [0.717, 1.165) is 43.5 Å². The Labute approximate surface area is 137 Å². The first kappa shape index (κ1) is 14.5. The molecule has 0 N–H and O–H groups in total. The van der Waals surface area contributed by atoms with Gasteiger partial charge in [-0.25, -0.2) is 4.68 Å². The molecule has 1 aliphatic rings. The molecule has 118 valence electrons. The van der Waals surface area contributed by atoms with Crippen molar-refractivity contribution in [3.8, 4) is 0 Å². The fourth-order valence-corrected chi connectivity index (χ4v) is 3.25. The third kappa shape index (κ3) is 2.46. The fraction of sp³-hybridized carbons (Fsp3) is 0.312. The second-order valence-electron chi connectivity index (χ2n) is 5.59. The van der Waals surface area contributed by atoms with E-state index in [1.54, 1.807) is 4.68 Å². The van der Waals surface area contributed by atoms with Crippen LogP contribution in [0, 0.1) is 4.77 Å². The zero-order valence-electron chi connectivity index (χ0n) is 12.5. The highest BCUT2D eigenvalue weighted by atomic mass is 32.1. The Morgan fingerprint density at radius 3 is 2.83 bits per heavy atom. The molecule has 2 aromatic heterocycles. The Morgan fingerprint density at radius 2 is 2.04 bits per heavy atom. The molecule has 0 atom stereocenters. The van der Waals surface area contributed by atoms with Gasteiger partial charge in [-0.3, -0.25) is 14.1 Å². The first-order valence-corrected chi connectivity index (χ1v) is 7.95. The van der Waals surface area contributed by atoms with Crippen molar-refractivity contribution >= 4 is 35.1 Å². The molecule has 23 heavy (non-hydrogen) atoms. The highest BCUT2D eigenvalue weighted by Crippen LogP contribution is 2.20. The largest absolute Gasteiger partial charge is 0.379 e. The van der Waals surface area contributed by atoms with Gasteiger partial charge in [0.2, 0.25) is 4.77 Å². The van der Waals surface area contributed by atoms with Crippen LogP contribution in [-0.2, 0) is 11.4 Å². The van der Waals surface area contributed by atoms with E-state index in [4.69, 9.17) is 17.0 Å². The summed E-state index contributed by atoms with van der Waals surface area (Å²) in [4.78, 5) is 13.7. The van der Waals surface area contributed by atoms with E-state index in [9.17, 15) is 4.79 Å². The Hall–Kier alpha value is -2.09. The van der Waals surface area contributed by atoms with Crippen molar-refractivity contribution in [2.75, 3.05) is 26.3 Å². The van der Waals surface area contributed by atoms with Gasteiger partial charge in [0.15, 0.2) is 11.9 Å². The summed E-state index contributed by atoms with van der Waals surface area (Å²) in [6.45, 7) is 3.77. The Kier molecular flexibility index (Phi) is 3.68. The zero-order valence-corrected chi connectivity index (χ0v) is 13.3. The van der Waals surface area contributed by atoms with Crippen LogP contribution in [0.15, 0.2) is 30.3 Å². The van der Waals surface area contributed by atoms with E-state index in [2.05, 4.69) is 10.00 Å². The number of aromatic nitrogens is 3. The van der Waals surface area contributed by atoms with Gasteiger partial charge >= 0.3 is 0 Å². The first-order valence-electron chi connectivity index (χ1n) is 7.54. The van der Waals surface area contributed by atoms with Gasteiger partial charge in [0.1, 0.15) is 0 Å². The number of morpholine rings is 1. The minimum absolute atomic E-state index is 0.551. The van der Waals surface area contributed by atoms with E-state index in [1.165, 1.54) is 0 Å². The lowest BCUT2D eigenvalue weighted by Crippen LogP contribution is -2.37. The monoisotopic (exact) mass is 328 g/mol. The molecule has 7 heteroatoms. The minimum Gasteiger partial charge on any atom is -0.379 e. The van der Waals surface area contributed by atoms with Crippen molar-refractivity contribution in [2.45, 2.75) is 6.67 Å². The van der Waals surface area contributed by atoms with Gasteiger partial charge < -0.3 is 4.74 Å². The topological polar surface area (TPSA) is 51.8 Å². The molecule has 3 heterocycles. The number of carbonyl (C=O) groups is 1. The van der Waals surface area contributed by atoms with Crippen molar-refractivity contribution in [2.24, 2.45) is 0 Å². The third-order valence-corrected chi connectivity index (χ3v) is 4.54. The molecular formula is C16H16N4O2S. The maximum atomic E-state index is 11.5. The van der Waals surface area contributed by atoms with Gasteiger partial charge in [-0.05, 0) is 29.7 Å². The number of ether oxygens (including phenoxy) is 1. The van der Waals surface area contributed by atoms with Crippen molar-refractivity contribution in [1.82, 2.24) is 19.1 Å². The molecule has 0 spiro atoms. The van der Waals surface area contributed by atoms with E-state index < -0.39 is 0 Å². The highest BCUT2D eigenvalue weighted by Gasteiger charge is 2.15. The molecule has 0 unspecified atom stereocenters. The molecule has 1 saturated heterocycles. The molecule has 0 amide bonds. The van der Waals surface area contributed by atoms with Crippen molar-refractivity contribution < 1.29 is 9.53 Å². The normalized spacial score (nSPS) is 16.2. The molecular weight excluding hydrogens is 312 g/mol. The Bertz CT molecular complexity index is 940. The van der Waals surface area contributed by atoms with E-state index >= 15 is 0 Å². The lowest BCUT2D eigenvalue weighted by Gasteiger charge is -2.25. The summed E-state index contributed by atoms with van der Waals surface area (Å²) in [5.41, 5.74) is 2.12. The van der Waals surface area contributed by atoms with Crippen LogP contribution < -0.4 is 0 Å². The zero-order chi connectivity index (χ0) is 15.8. The van der Waals surface area contributed by atoms with Gasteiger partial charge in [0.05, 0.1) is 31.0 Å². The van der Waals surface area contributed by atoms with Gasteiger partial charge in [0.25, 0.3) is 0 Å². The molecule has 0 radical (unpaired) electrons. The van der Waals surface area contributed by atoms with Crippen LogP contribution in [0.3, 0.4) is 0 Å². The van der Waals surface area contributed by atoms with Crippen LogP contribution in [-0.4, -0.2) is 51.7 Å². The lowest BCUT2D eigenvalue weighted by atomic mass is 10.1. The van der Waals surface area contributed by atoms with E-state index in [-0.39, 0.29) is 0 Å². The molecule has 6 nitrogen and oxygen atoms in total. The Morgan fingerprint density at radius 1 is 1.26 bits per heavy atom.